The number of phenolic OH excluding ortho intramolecular Hbond substituents is 2. The molecule has 0 unspecified atom stereocenters. The van der Waals surface area contributed by atoms with Crippen LogP contribution in [0.2, 0.25) is 0 Å². The van der Waals surface area contributed by atoms with Crippen molar-refractivity contribution in [1.82, 2.24) is 0 Å². The highest BCUT2D eigenvalue weighted by Crippen LogP contribution is 2.30. The number of methoxy groups -OCH3 is 2. The summed E-state index contributed by atoms with van der Waals surface area (Å²) in [5.74, 6) is 1.03. The van der Waals surface area contributed by atoms with Crippen LogP contribution in [0.1, 0.15) is 36.8 Å². The zero-order valence-corrected chi connectivity index (χ0v) is 16.2. The third kappa shape index (κ3) is 4.44. The molecule has 2 aromatic rings. The number of para-hydroxylation sites is 2. The van der Waals surface area contributed by atoms with Gasteiger partial charge < -0.3 is 19.7 Å². The van der Waals surface area contributed by atoms with Gasteiger partial charge in [0.05, 0.1) is 26.3 Å². The van der Waals surface area contributed by atoms with Crippen LogP contribution in [-0.4, -0.2) is 48.9 Å². The van der Waals surface area contributed by atoms with Gasteiger partial charge in [-0.3, -0.25) is 9.98 Å². The van der Waals surface area contributed by atoms with E-state index in [0.717, 1.165) is 25.7 Å². The number of aliphatic imine (C=N–C) groups is 2. The Labute approximate surface area is 165 Å². The maximum atomic E-state index is 10.2. The summed E-state index contributed by atoms with van der Waals surface area (Å²) in [5.41, 5.74) is 1.25. The van der Waals surface area contributed by atoms with Gasteiger partial charge >= 0.3 is 0 Å². The lowest BCUT2D eigenvalue weighted by Crippen LogP contribution is -2.27. The van der Waals surface area contributed by atoms with Gasteiger partial charge in [0.1, 0.15) is 0 Å². The van der Waals surface area contributed by atoms with Crippen LogP contribution in [0.25, 0.3) is 0 Å². The first-order chi connectivity index (χ1) is 13.6. The summed E-state index contributed by atoms with van der Waals surface area (Å²) in [4.78, 5) is 9.40. The van der Waals surface area contributed by atoms with Gasteiger partial charge in [-0.05, 0) is 37.1 Å². The highest BCUT2D eigenvalue weighted by atomic mass is 16.5. The molecule has 1 aliphatic carbocycles. The standard InChI is InChI=1S/C22H26N2O4/c1-27-19-11-5-7-15(21(19)25)13-23-17-9-3-4-10-18(17)24-14-16-8-6-12-20(28-2)22(16)26/h5-8,11-14,17-18,25-26H,3-4,9-10H2,1-2H3/t17-,18+. The van der Waals surface area contributed by atoms with Gasteiger partial charge in [-0.1, -0.05) is 25.0 Å². The minimum atomic E-state index is 0.0309. The fourth-order valence-corrected chi connectivity index (χ4v) is 3.41. The van der Waals surface area contributed by atoms with E-state index in [4.69, 9.17) is 19.5 Å². The summed E-state index contributed by atoms with van der Waals surface area (Å²) >= 11 is 0. The SMILES string of the molecule is COc1cccc(C=N[C@H]2CCCC[C@H]2N=Cc2cccc(OC)c2O)c1O. The largest absolute Gasteiger partial charge is 0.504 e. The lowest BCUT2D eigenvalue weighted by atomic mass is 9.91. The molecule has 0 heterocycles. The molecular formula is C22H26N2O4. The molecule has 148 valence electrons. The zero-order valence-electron chi connectivity index (χ0n) is 16.2. The highest BCUT2D eigenvalue weighted by molar-refractivity contribution is 5.86. The number of hydrogen-bond acceptors (Lipinski definition) is 6. The van der Waals surface area contributed by atoms with E-state index in [0.29, 0.717) is 22.6 Å². The van der Waals surface area contributed by atoms with Crippen molar-refractivity contribution in [2.45, 2.75) is 37.8 Å². The van der Waals surface area contributed by atoms with E-state index in [1.54, 1.807) is 36.7 Å². The summed E-state index contributed by atoms with van der Waals surface area (Å²) in [6.45, 7) is 0. The number of rotatable bonds is 6. The topological polar surface area (TPSA) is 83.6 Å². The molecule has 0 radical (unpaired) electrons. The van der Waals surface area contributed by atoms with Gasteiger partial charge in [0.15, 0.2) is 23.0 Å². The maximum absolute atomic E-state index is 10.2. The van der Waals surface area contributed by atoms with E-state index in [1.165, 1.54) is 14.2 Å². The van der Waals surface area contributed by atoms with E-state index < -0.39 is 0 Å². The van der Waals surface area contributed by atoms with Crippen molar-refractivity contribution in [2.75, 3.05) is 14.2 Å². The third-order valence-electron chi connectivity index (χ3n) is 5.00. The minimum Gasteiger partial charge on any atom is -0.504 e. The van der Waals surface area contributed by atoms with Crippen molar-refractivity contribution in [3.05, 3.63) is 47.5 Å². The molecule has 0 aromatic heterocycles. The molecule has 0 bridgehead atoms. The minimum absolute atomic E-state index is 0.0309. The number of nitrogens with zero attached hydrogens (tertiary/aromatic N) is 2. The number of benzene rings is 2. The van der Waals surface area contributed by atoms with E-state index in [2.05, 4.69) is 0 Å². The molecule has 6 heteroatoms. The lowest BCUT2D eigenvalue weighted by Gasteiger charge is -2.25. The number of hydrogen-bond donors (Lipinski definition) is 2. The molecule has 1 saturated carbocycles. The van der Waals surface area contributed by atoms with Crippen LogP contribution in [0.15, 0.2) is 46.4 Å². The first-order valence-corrected chi connectivity index (χ1v) is 9.42. The van der Waals surface area contributed by atoms with Crippen molar-refractivity contribution in [3.63, 3.8) is 0 Å². The van der Waals surface area contributed by atoms with Crippen molar-refractivity contribution in [3.8, 4) is 23.0 Å². The average Bonchev–Trinajstić information content (AvgIpc) is 2.73. The summed E-state index contributed by atoms with van der Waals surface area (Å²) in [6, 6.07) is 10.7. The smallest absolute Gasteiger partial charge is 0.166 e. The van der Waals surface area contributed by atoms with Crippen LogP contribution in [0, 0.1) is 0 Å². The quantitative estimate of drug-likeness (QED) is 0.741. The fourth-order valence-electron chi connectivity index (χ4n) is 3.41. The van der Waals surface area contributed by atoms with Gasteiger partial charge in [-0.25, -0.2) is 0 Å². The van der Waals surface area contributed by atoms with E-state index in [9.17, 15) is 10.2 Å². The predicted octanol–water partition coefficient (Wildman–Crippen LogP) is 3.96. The molecule has 0 aliphatic heterocycles. The number of ether oxygens (including phenoxy) is 2. The Morgan fingerprint density at radius 3 is 1.61 bits per heavy atom. The molecule has 6 nitrogen and oxygen atoms in total. The Bertz CT molecular complexity index is 792. The third-order valence-corrected chi connectivity index (χ3v) is 5.00. The summed E-state index contributed by atoms with van der Waals surface area (Å²) in [7, 11) is 3.05. The number of aromatic hydroxyl groups is 2. The zero-order chi connectivity index (χ0) is 19.9. The van der Waals surface area contributed by atoms with Crippen molar-refractivity contribution >= 4 is 12.4 Å². The van der Waals surface area contributed by atoms with Crippen LogP contribution in [0.4, 0.5) is 0 Å². The molecule has 0 amide bonds. The second kappa shape index (κ2) is 9.26. The monoisotopic (exact) mass is 382 g/mol. The number of phenols is 2. The van der Waals surface area contributed by atoms with Gasteiger partial charge in [0.25, 0.3) is 0 Å². The summed E-state index contributed by atoms with van der Waals surface area (Å²) < 4.78 is 10.3. The first kappa shape index (κ1) is 19.7. The Morgan fingerprint density at radius 1 is 0.786 bits per heavy atom. The molecule has 1 aliphatic rings. The molecule has 28 heavy (non-hydrogen) atoms. The molecule has 2 N–H and O–H groups in total. The molecule has 1 fully saturated rings. The van der Waals surface area contributed by atoms with Crippen LogP contribution >= 0.6 is 0 Å². The maximum Gasteiger partial charge on any atom is 0.166 e. The van der Waals surface area contributed by atoms with Gasteiger partial charge in [-0.2, -0.15) is 0 Å². The van der Waals surface area contributed by atoms with Gasteiger partial charge in [-0.15, -0.1) is 0 Å². The molecular weight excluding hydrogens is 356 g/mol. The Hall–Kier alpha value is -3.02. The summed E-state index contributed by atoms with van der Waals surface area (Å²) in [6.07, 6.45) is 7.46. The van der Waals surface area contributed by atoms with Gasteiger partial charge in [0.2, 0.25) is 0 Å². The normalized spacial score (nSPS) is 19.9. The average molecular weight is 382 g/mol. The van der Waals surface area contributed by atoms with Crippen molar-refractivity contribution < 1.29 is 19.7 Å². The predicted molar refractivity (Wildman–Crippen MR) is 111 cm³/mol. The van der Waals surface area contributed by atoms with E-state index in [-0.39, 0.29) is 23.6 Å². The van der Waals surface area contributed by atoms with Crippen LogP contribution in [0.3, 0.4) is 0 Å². The Kier molecular flexibility index (Phi) is 6.53. The van der Waals surface area contributed by atoms with Crippen LogP contribution in [-0.2, 0) is 0 Å². The molecule has 2 atom stereocenters. The van der Waals surface area contributed by atoms with Crippen LogP contribution < -0.4 is 9.47 Å². The Balaban J connectivity index is 1.78. The Morgan fingerprint density at radius 2 is 1.21 bits per heavy atom. The second-order valence-electron chi connectivity index (χ2n) is 6.77. The summed E-state index contributed by atoms with van der Waals surface area (Å²) in [5, 5.41) is 20.5. The molecule has 3 rings (SSSR count). The van der Waals surface area contributed by atoms with Crippen molar-refractivity contribution in [2.24, 2.45) is 9.98 Å². The molecule has 2 aromatic carbocycles. The van der Waals surface area contributed by atoms with E-state index >= 15 is 0 Å². The lowest BCUT2D eigenvalue weighted by molar-refractivity contribution is 0.372. The van der Waals surface area contributed by atoms with Crippen LogP contribution in [0.5, 0.6) is 23.0 Å². The second-order valence-corrected chi connectivity index (χ2v) is 6.77. The van der Waals surface area contributed by atoms with Crippen molar-refractivity contribution in [1.29, 1.82) is 0 Å². The fraction of sp³-hybridized carbons (Fsp3) is 0.364. The van der Waals surface area contributed by atoms with Gasteiger partial charge in [0, 0.05) is 23.6 Å². The first-order valence-electron chi connectivity index (χ1n) is 9.42. The highest BCUT2D eigenvalue weighted by Gasteiger charge is 2.23. The molecule has 0 spiro atoms. The van der Waals surface area contributed by atoms with E-state index in [1.807, 2.05) is 12.1 Å². The molecule has 0 saturated heterocycles.